The van der Waals surface area contributed by atoms with E-state index < -0.39 is 21.0 Å². The molecular weight excluding hydrogens is 306 g/mol. The van der Waals surface area contributed by atoms with Crippen LogP contribution >= 0.6 is 0 Å². The van der Waals surface area contributed by atoms with Gasteiger partial charge in [0.1, 0.15) is 11.0 Å². The zero-order chi connectivity index (χ0) is 16.2. The molecule has 122 valence electrons. The molecule has 1 aliphatic heterocycles. The van der Waals surface area contributed by atoms with Crippen LogP contribution in [-0.2, 0) is 19.4 Å². The smallest absolute Gasteiger partial charge is 0.242 e. The van der Waals surface area contributed by atoms with Crippen molar-refractivity contribution in [2.24, 2.45) is 0 Å². The lowest BCUT2D eigenvalue weighted by molar-refractivity contribution is -0.115. The first-order valence-electron chi connectivity index (χ1n) is 7.21. The number of benzene rings is 1. The highest BCUT2D eigenvalue weighted by Crippen LogP contribution is 2.24. The number of rotatable bonds is 6. The van der Waals surface area contributed by atoms with Gasteiger partial charge in [-0.2, -0.15) is 0 Å². The maximum absolute atomic E-state index is 12.3. The number of hydrogen-bond acceptors (Lipinski definition) is 5. The summed E-state index contributed by atoms with van der Waals surface area (Å²) in [6, 6.07) is 6.87. The lowest BCUT2D eigenvalue weighted by Crippen LogP contribution is -2.37. The van der Waals surface area contributed by atoms with E-state index in [1.54, 1.807) is 24.3 Å². The van der Waals surface area contributed by atoms with E-state index in [4.69, 9.17) is 9.47 Å². The molecular formula is C15H21NO5S. The third-order valence-electron chi connectivity index (χ3n) is 3.71. The molecule has 0 aliphatic carbocycles. The first-order chi connectivity index (χ1) is 10.4. The van der Waals surface area contributed by atoms with Crippen molar-refractivity contribution in [1.29, 1.82) is 0 Å². The first-order valence-corrected chi connectivity index (χ1v) is 8.92. The van der Waals surface area contributed by atoms with Crippen molar-refractivity contribution in [3.8, 4) is 5.75 Å². The van der Waals surface area contributed by atoms with Gasteiger partial charge in [0.25, 0.3) is 0 Å². The number of methoxy groups -OCH3 is 1. The van der Waals surface area contributed by atoms with E-state index in [-0.39, 0.29) is 11.9 Å². The third kappa shape index (κ3) is 3.98. The van der Waals surface area contributed by atoms with E-state index in [1.165, 1.54) is 14.0 Å². The molecule has 0 bridgehead atoms. The Bertz CT molecular complexity index is 623. The predicted molar refractivity (Wildman–Crippen MR) is 83.8 cm³/mol. The molecule has 22 heavy (non-hydrogen) atoms. The molecule has 7 heteroatoms. The minimum absolute atomic E-state index is 0.118. The predicted octanol–water partition coefficient (Wildman–Crippen LogP) is 1.62. The van der Waals surface area contributed by atoms with Gasteiger partial charge >= 0.3 is 0 Å². The average molecular weight is 327 g/mol. The lowest BCUT2D eigenvalue weighted by Gasteiger charge is -2.17. The number of hydrogen-bond donors (Lipinski definition) is 1. The second-order valence-corrected chi connectivity index (χ2v) is 7.66. The zero-order valence-corrected chi connectivity index (χ0v) is 13.6. The number of ether oxygens (including phenoxy) is 2. The van der Waals surface area contributed by atoms with E-state index >= 15 is 0 Å². The van der Waals surface area contributed by atoms with Crippen molar-refractivity contribution in [3.05, 3.63) is 24.3 Å². The van der Waals surface area contributed by atoms with Crippen LogP contribution in [0.2, 0.25) is 0 Å². The summed E-state index contributed by atoms with van der Waals surface area (Å²) in [7, 11) is -2.07. The van der Waals surface area contributed by atoms with E-state index in [1.807, 2.05) is 0 Å². The van der Waals surface area contributed by atoms with Crippen LogP contribution in [0.1, 0.15) is 19.8 Å². The molecule has 0 saturated carbocycles. The summed E-state index contributed by atoms with van der Waals surface area (Å²) >= 11 is 0. The first kappa shape index (κ1) is 16.8. The van der Waals surface area contributed by atoms with Crippen molar-refractivity contribution in [1.82, 2.24) is 0 Å². The van der Waals surface area contributed by atoms with Crippen molar-refractivity contribution in [2.75, 3.05) is 24.8 Å². The maximum Gasteiger partial charge on any atom is 0.242 e. The Labute approximate surface area is 130 Å². The Morgan fingerprint density at radius 2 is 2.18 bits per heavy atom. The summed E-state index contributed by atoms with van der Waals surface area (Å²) in [6.45, 7) is 1.98. The number of carbonyl (C=O) groups is 1. The standard InChI is InChI=1S/C15H21NO5S/c1-11(22(18,19)10-12-6-5-9-21-12)15(17)16-13-7-3-4-8-14(13)20-2/h3-4,7-8,11-12H,5-6,9-10H2,1-2H3,(H,16,17)/t11-,12-/m0/s1. The van der Waals surface area contributed by atoms with Gasteiger partial charge in [0.05, 0.1) is 24.7 Å². The van der Waals surface area contributed by atoms with Crippen LogP contribution in [0.4, 0.5) is 5.69 Å². The van der Waals surface area contributed by atoms with Gasteiger partial charge in [-0.25, -0.2) is 8.42 Å². The highest BCUT2D eigenvalue weighted by atomic mass is 32.2. The van der Waals surface area contributed by atoms with Crippen molar-refractivity contribution < 1.29 is 22.7 Å². The van der Waals surface area contributed by atoms with Gasteiger partial charge in [0, 0.05) is 6.61 Å². The second kappa shape index (κ2) is 7.11. The fourth-order valence-corrected chi connectivity index (χ4v) is 3.78. The van der Waals surface area contributed by atoms with E-state index in [2.05, 4.69) is 5.32 Å². The van der Waals surface area contributed by atoms with Crippen LogP contribution in [0.3, 0.4) is 0 Å². The molecule has 1 aromatic carbocycles. The van der Waals surface area contributed by atoms with E-state index in [0.29, 0.717) is 18.0 Å². The highest BCUT2D eigenvalue weighted by molar-refractivity contribution is 7.92. The topological polar surface area (TPSA) is 81.7 Å². The fourth-order valence-electron chi connectivity index (χ4n) is 2.32. The summed E-state index contributed by atoms with van der Waals surface area (Å²) in [5.41, 5.74) is 0.453. The molecule has 2 atom stereocenters. The van der Waals surface area contributed by atoms with Crippen LogP contribution in [-0.4, -0.2) is 45.1 Å². The number of amides is 1. The summed E-state index contributed by atoms with van der Waals surface area (Å²) in [5, 5.41) is 1.47. The molecule has 6 nitrogen and oxygen atoms in total. The molecule has 1 fully saturated rings. The minimum Gasteiger partial charge on any atom is -0.495 e. The highest BCUT2D eigenvalue weighted by Gasteiger charge is 2.32. The second-order valence-electron chi connectivity index (χ2n) is 5.30. The quantitative estimate of drug-likeness (QED) is 0.858. The summed E-state index contributed by atoms with van der Waals surface area (Å²) in [6.07, 6.45) is 1.29. The molecule has 1 amide bonds. The number of sulfone groups is 1. The van der Waals surface area contributed by atoms with Crippen LogP contribution < -0.4 is 10.1 Å². The summed E-state index contributed by atoms with van der Waals surface area (Å²) < 4.78 is 35.1. The zero-order valence-electron chi connectivity index (χ0n) is 12.7. The van der Waals surface area contributed by atoms with Gasteiger partial charge in [-0.05, 0) is 31.9 Å². The Morgan fingerprint density at radius 3 is 2.82 bits per heavy atom. The molecule has 1 N–H and O–H groups in total. The maximum atomic E-state index is 12.3. The number of nitrogens with one attached hydrogen (secondary N) is 1. The summed E-state index contributed by atoms with van der Waals surface area (Å²) in [4.78, 5) is 12.2. The normalized spacial score (nSPS) is 19.6. The minimum atomic E-state index is -3.56. The van der Waals surface area contributed by atoms with Gasteiger partial charge in [-0.3, -0.25) is 4.79 Å². The van der Waals surface area contributed by atoms with Crippen molar-refractivity contribution in [3.63, 3.8) is 0 Å². The Balaban J connectivity index is 2.04. The fraction of sp³-hybridized carbons (Fsp3) is 0.533. The van der Waals surface area contributed by atoms with Gasteiger partial charge in [-0.1, -0.05) is 12.1 Å². The summed E-state index contributed by atoms with van der Waals surface area (Å²) in [5.74, 6) is -0.199. The molecule has 0 spiro atoms. The lowest BCUT2D eigenvalue weighted by atomic mass is 10.3. The molecule has 2 rings (SSSR count). The Hall–Kier alpha value is -1.60. The van der Waals surface area contributed by atoms with E-state index in [0.717, 1.165) is 12.8 Å². The molecule has 0 radical (unpaired) electrons. The number of para-hydroxylation sites is 2. The van der Waals surface area contributed by atoms with Crippen LogP contribution in [0, 0.1) is 0 Å². The van der Waals surface area contributed by atoms with Crippen LogP contribution in [0.5, 0.6) is 5.75 Å². The van der Waals surface area contributed by atoms with Gasteiger partial charge in [-0.15, -0.1) is 0 Å². The number of anilines is 1. The molecule has 0 aromatic heterocycles. The molecule has 1 aliphatic rings. The number of carbonyl (C=O) groups excluding carboxylic acids is 1. The van der Waals surface area contributed by atoms with Crippen molar-refractivity contribution in [2.45, 2.75) is 31.1 Å². The third-order valence-corrected chi connectivity index (χ3v) is 5.84. The Kier molecular flexibility index (Phi) is 5.42. The monoisotopic (exact) mass is 327 g/mol. The molecule has 0 unspecified atom stereocenters. The van der Waals surface area contributed by atoms with E-state index in [9.17, 15) is 13.2 Å². The average Bonchev–Trinajstić information content (AvgIpc) is 2.99. The van der Waals surface area contributed by atoms with Crippen molar-refractivity contribution >= 4 is 21.4 Å². The molecule has 1 aromatic rings. The molecule has 1 saturated heterocycles. The van der Waals surface area contributed by atoms with Crippen LogP contribution in [0.15, 0.2) is 24.3 Å². The SMILES string of the molecule is COc1ccccc1NC(=O)[C@H](C)S(=O)(=O)C[C@@H]1CCCO1. The van der Waals surface area contributed by atoms with Gasteiger partial charge in [0.2, 0.25) is 5.91 Å². The Morgan fingerprint density at radius 1 is 1.45 bits per heavy atom. The van der Waals surface area contributed by atoms with Gasteiger partial charge in [0.15, 0.2) is 9.84 Å². The molecule has 1 heterocycles. The largest absolute Gasteiger partial charge is 0.495 e. The van der Waals surface area contributed by atoms with Gasteiger partial charge < -0.3 is 14.8 Å². The van der Waals surface area contributed by atoms with Crippen LogP contribution in [0.25, 0.3) is 0 Å².